The molecule has 0 saturated carbocycles. The summed E-state index contributed by atoms with van der Waals surface area (Å²) in [7, 11) is -3.63. The Morgan fingerprint density at radius 3 is 2.28 bits per heavy atom. The first-order chi connectivity index (χ1) is 15.2. The molecule has 2 atom stereocenters. The molecule has 168 valence electrons. The molecule has 0 unspecified atom stereocenters. The fourth-order valence-electron chi connectivity index (χ4n) is 3.88. The molecule has 1 aliphatic heterocycles. The van der Waals surface area contributed by atoms with Gasteiger partial charge >= 0.3 is 6.01 Å². The van der Waals surface area contributed by atoms with Gasteiger partial charge in [0.05, 0.1) is 4.90 Å². The van der Waals surface area contributed by atoms with Crippen molar-refractivity contribution >= 4 is 21.9 Å². The van der Waals surface area contributed by atoms with Crippen molar-refractivity contribution in [2.24, 2.45) is 11.8 Å². The summed E-state index contributed by atoms with van der Waals surface area (Å²) in [4.78, 5) is 12.6. The highest BCUT2D eigenvalue weighted by Gasteiger charge is 2.31. The maximum absolute atomic E-state index is 13.0. The first kappa shape index (κ1) is 22.1. The largest absolute Gasteiger partial charge is 0.403 e. The molecule has 1 fully saturated rings. The van der Waals surface area contributed by atoms with Crippen LogP contribution in [-0.2, 0) is 10.0 Å². The third-order valence-corrected chi connectivity index (χ3v) is 7.17. The van der Waals surface area contributed by atoms with E-state index in [1.807, 2.05) is 13.8 Å². The summed E-state index contributed by atoms with van der Waals surface area (Å²) in [6.07, 6.45) is 1.00. The molecule has 0 bridgehead atoms. The van der Waals surface area contributed by atoms with Crippen LogP contribution >= 0.6 is 0 Å². The highest BCUT2D eigenvalue weighted by atomic mass is 32.2. The van der Waals surface area contributed by atoms with E-state index >= 15 is 0 Å². The number of rotatable bonds is 5. The van der Waals surface area contributed by atoms with Crippen LogP contribution in [0.15, 0.2) is 57.8 Å². The van der Waals surface area contributed by atoms with Crippen LogP contribution in [0, 0.1) is 17.7 Å². The van der Waals surface area contributed by atoms with Crippen LogP contribution in [0.3, 0.4) is 0 Å². The van der Waals surface area contributed by atoms with E-state index < -0.39 is 21.7 Å². The highest BCUT2D eigenvalue weighted by Crippen LogP contribution is 2.27. The molecule has 1 saturated heterocycles. The van der Waals surface area contributed by atoms with Crippen LogP contribution in [0.1, 0.15) is 30.6 Å². The predicted molar refractivity (Wildman–Crippen MR) is 116 cm³/mol. The number of sulfonamides is 1. The Morgan fingerprint density at radius 2 is 1.66 bits per heavy atom. The Morgan fingerprint density at radius 1 is 1.03 bits per heavy atom. The van der Waals surface area contributed by atoms with Crippen LogP contribution < -0.4 is 5.32 Å². The minimum atomic E-state index is -3.63. The van der Waals surface area contributed by atoms with Crippen LogP contribution in [0.4, 0.5) is 10.4 Å². The standard InChI is InChI=1S/C22H23FN4O4S/c1-14-11-15(2)13-27(12-14)32(29,30)19-9-5-16(6-10-19)20(28)24-22-26-25-21(31-22)17-3-7-18(23)8-4-17/h3-10,14-15H,11-13H2,1-2H3,(H,24,26,28)/t14-,15-/m0/s1. The van der Waals surface area contributed by atoms with Crippen molar-refractivity contribution in [2.75, 3.05) is 18.4 Å². The molecule has 3 aromatic rings. The summed E-state index contributed by atoms with van der Waals surface area (Å²) in [6, 6.07) is 11.1. The zero-order chi connectivity index (χ0) is 22.9. The van der Waals surface area contributed by atoms with Gasteiger partial charge in [-0.15, -0.1) is 5.10 Å². The van der Waals surface area contributed by atoms with Gasteiger partial charge in [-0.3, -0.25) is 10.1 Å². The number of halogens is 1. The second-order valence-electron chi connectivity index (χ2n) is 8.17. The number of hydrogen-bond acceptors (Lipinski definition) is 6. The highest BCUT2D eigenvalue weighted by molar-refractivity contribution is 7.89. The van der Waals surface area contributed by atoms with Crippen molar-refractivity contribution in [2.45, 2.75) is 25.2 Å². The lowest BCUT2D eigenvalue weighted by Crippen LogP contribution is -2.42. The number of nitrogens with zero attached hydrogens (tertiary/aromatic N) is 3. The SMILES string of the molecule is C[C@H]1C[C@H](C)CN(S(=O)(=O)c2ccc(C(=O)Nc3nnc(-c4ccc(F)cc4)o3)cc2)C1. The van der Waals surface area contributed by atoms with Crippen LogP contribution in [0.25, 0.3) is 11.5 Å². The van der Waals surface area contributed by atoms with Crippen LogP contribution in [0.5, 0.6) is 0 Å². The summed E-state index contributed by atoms with van der Waals surface area (Å²) in [5.74, 6) is -0.188. The van der Waals surface area contributed by atoms with E-state index in [1.165, 1.54) is 52.8 Å². The molecule has 0 aliphatic carbocycles. The number of benzene rings is 2. The minimum Gasteiger partial charge on any atom is -0.403 e. The van der Waals surface area contributed by atoms with E-state index in [2.05, 4.69) is 15.5 Å². The van der Waals surface area contributed by atoms with Crippen molar-refractivity contribution in [1.82, 2.24) is 14.5 Å². The average Bonchev–Trinajstić information content (AvgIpc) is 3.22. The van der Waals surface area contributed by atoms with Crippen molar-refractivity contribution < 1.29 is 22.0 Å². The quantitative estimate of drug-likeness (QED) is 0.624. The van der Waals surface area contributed by atoms with E-state index in [1.54, 1.807) is 0 Å². The second-order valence-corrected chi connectivity index (χ2v) is 10.1. The summed E-state index contributed by atoms with van der Waals surface area (Å²) < 4.78 is 45.9. The third kappa shape index (κ3) is 4.71. The van der Waals surface area contributed by atoms with Gasteiger partial charge in [0.15, 0.2) is 0 Å². The van der Waals surface area contributed by atoms with Gasteiger partial charge in [0, 0.05) is 24.2 Å². The van der Waals surface area contributed by atoms with Crippen molar-refractivity contribution in [1.29, 1.82) is 0 Å². The fraction of sp³-hybridized carbons (Fsp3) is 0.318. The Bertz CT molecular complexity index is 1200. The molecule has 1 N–H and O–H groups in total. The first-order valence-corrected chi connectivity index (χ1v) is 11.7. The molecule has 0 spiro atoms. The summed E-state index contributed by atoms with van der Waals surface area (Å²) in [5, 5.41) is 10.1. The Balaban J connectivity index is 1.45. The molecule has 32 heavy (non-hydrogen) atoms. The molecule has 1 aromatic heterocycles. The van der Waals surface area contributed by atoms with Crippen molar-refractivity contribution in [3.8, 4) is 11.5 Å². The van der Waals surface area contributed by atoms with Crippen LogP contribution in [0.2, 0.25) is 0 Å². The van der Waals surface area contributed by atoms with E-state index in [0.717, 1.165) is 6.42 Å². The van der Waals surface area contributed by atoms with E-state index in [-0.39, 0.29) is 22.4 Å². The van der Waals surface area contributed by atoms with Crippen molar-refractivity contribution in [3.63, 3.8) is 0 Å². The molecular weight excluding hydrogens is 435 g/mol. The molecule has 2 aromatic carbocycles. The maximum atomic E-state index is 13.0. The monoisotopic (exact) mass is 458 g/mol. The fourth-order valence-corrected chi connectivity index (χ4v) is 5.56. The smallest absolute Gasteiger partial charge is 0.322 e. The normalized spacial score (nSPS) is 19.6. The Labute approximate surface area is 185 Å². The van der Waals surface area contributed by atoms with Gasteiger partial charge < -0.3 is 4.42 Å². The van der Waals surface area contributed by atoms with Crippen molar-refractivity contribution in [3.05, 3.63) is 59.9 Å². The molecule has 1 aliphatic rings. The van der Waals surface area contributed by atoms with Gasteiger partial charge in [0.2, 0.25) is 15.9 Å². The molecule has 10 heteroatoms. The molecule has 0 radical (unpaired) electrons. The Kier molecular flexibility index (Phi) is 6.07. The molecule has 4 rings (SSSR count). The first-order valence-electron chi connectivity index (χ1n) is 10.2. The van der Waals surface area contributed by atoms with Gasteiger partial charge in [-0.25, -0.2) is 12.8 Å². The Hall–Kier alpha value is -3.11. The number of anilines is 1. The van der Waals surface area contributed by atoms with Gasteiger partial charge in [0.1, 0.15) is 5.82 Å². The predicted octanol–water partition coefficient (Wildman–Crippen LogP) is 3.79. The van der Waals surface area contributed by atoms with E-state index in [0.29, 0.717) is 30.5 Å². The molecular formula is C22H23FN4O4S. The number of piperidine rings is 1. The molecule has 1 amide bonds. The summed E-state index contributed by atoms with van der Waals surface area (Å²) in [6.45, 7) is 5.07. The number of hydrogen-bond donors (Lipinski definition) is 1. The average molecular weight is 459 g/mol. The van der Waals surface area contributed by atoms with Crippen LogP contribution in [-0.4, -0.2) is 41.9 Å². The zero-order valence-electron chi connectivity index (χ0n) is 17.7. The minimum absolute atomic E-state index is 0.123. The maximum Gasteiger partial charge on any atom is 0.322 e. The molecule has 8 nitrogen and oxygen atoms in total. The lowest BCUT2D eigenvalue weighted by molar-refractivity contribution is 0.102. The van der Waals surface area contributed by atoms with Gasteiger partial charge in [-0.05, 0) is 66.8 Å². The lowest BCUT2D eigenvalue weighted by atomic mass is 9.94. The van der Waals surface area contributed by atoms with Gasteiger partial charge in [-0.2, -0.15) is 4.31 Å². The van der Waals surface area contributed by atoms with Gasteiger partial charge in [-0.1, -0.05) is 18.9 Å². The number of nitrogens with one attached hydrogen (secondary N) is 1. The summed E-state index contributed by atoms with van der Waals surface area (Å²) in [5.41, 5.74) is 0.751. The lowest BCUT2D eigenvalue weighted by Gasteiger charge is -2.34. The number of carbonyl (C=O) groups is 1. The number of aromatic nitrogens is 2. The number of amides is 1. The second kappa shape index (κ2) is 8.79. The van der Waals surface area contributed by atoms with E-state index in [9.17, 15) is 17.6 Å². The van der Waals surface area contributed by atoms with Gasteiger partial charge in [0.25, 0.3) is 5.91 Å². The molecule has 2 heterocycles. The third-order valence-electron chi connectivity index (χ3n) is 5.33. The van der Waals surface area contributed by atoms with E-state index in [4.69, 9.17) is 4.42 Å². The topological polar surface area (TPSA) is 105 Å². The zero-order valence-corrected chi connectivity index (χ0v) is 18.5. The number of carbonyl (C=O) groups excluding carboxylic acids is 1. The summed E-state index contributed by atoms with van der Waals surface area (Å²) >= 11 is 0.